The van der Waals surface area contributed by atoms with Crippen molar-refractivity contribution >= 4 is 22.1 Å². The Bertz CT molecular complexity index is 823. The first kappa shape index (κ1) is 16.5. The average molecular weight is 344 g/mol. The van der Waals surface area contributed by atoms with Crippen molar-refractivity contribution in [3.63, 3.8) is 0 Å². The Morgan fingerprint density at radius 2 is 2.21 bits per heavy atom. The van der Waals surface area contributed by atoms with Crippen LogP contribution < -0.4 is 10.1 Å². The molecule has 0 spiro atoms. The van der Waals surface area contributed by atoms with E-state index in [1.807, 2.05) is 0 Å². The lowest BCUT2D eigenvalue weighted by atomic mass is 9.96. The second kappa shape index (κ2) is 7.02. The fourth-order valence-electron chi connectivity index (χ4n) is 2.91. The summed E-state index contributed by atoms with van der Waals surface area (Å²) < 4.78 is 18.6. The molecule has 0 atom stereocenters. The first-order valence-electron chi connectivity index (χ1n) is 7.79. The van der Waals surface area contributed by atoms with Crippen LogP contribution in [0, 0.1) is 17.1 Å². The maximum atomic E-state index is 13.7. The number of anilines is 1. The molecule has 1 N–H and O–H groups in total. The zero-order valence-electron chi connectivity index (χ0n) is 13.3. The number of thiophene rings is 1. The predicted octanol–water partition coefficient (Wildman–Crippen LogP) is 3.94. The molecule has 2 aromatic rings. The van der Waals surface area contributed by atoms with Gasteiger partial charge in [-0.3, -0.25) is 4.79 Å². The van der Waals surface area contributed by atoms with Crippen LogP contribution in [-0.2, 0) is 12.8 Å². The van der Waals surface area contributed by atoms with E-state index >= 15 is 0 Å². The molecule has 0 saturated carbocycles. The van der Waals surface area contributed by atoms with Crippen LogP contribution in [0.5, 0.6) is 5.75 Å². The van der Waals surface area contributed by atoms with E-state index in [0.717, 1.165) is 36.2 Å². The van der Waals surface area contributed by atoms with Gasteiger partial charge < -0.3 is 10.1 Å². The van der Waals surface area contributed by atoms with E-state index < -0.39 is 5.82 Å². The molecule has 3 rings (SSSR count). The summed E-state index contributed by atoms with van der Waals surface area (Å²) >= 11 is 1.55. The lowest BCUT2D eigenvalue weighted by Gasteiger charge is -2.09. The number of ether oxygens (including phenoxy) is 1. The molecule has 1 aliphatic rings. The highest BCUT2D eigenvalue weighted by Crippen LogP contribution is 2.37. The lowest BCUT2D eigenvalue weighted by molar-refractivity contribution is 0.101. The van der Waals surface area contributed by atoms with Gasteiger partial charge >= 0.3 is 0 Å². The highest BCUT2D eigenvalue weighted by molar-refractivity contribution is 7.16. The number of nitrogens with zero attached hydrogens (tertiary/aromatic N) is 1. The van der Waals surface area contributed by atoms with E-state index in [9.17, 15) is 14.4 Å². The fourth-order valence-corrected chi connectivity index (χ4v) is 4.15. The third-order valence-electron chi connectivity index (χ3n) is 4.17. The van der Waals surface area contributed by atoms with Gasteiger partial charge in [-0.2, -0.15) is 5.26 Å². The third-order valence-corrected chi connectivity index (χ3v) is 5.42. The maximum Gasteiger partial charge on any atom is 0.181 e. The van der Waals surface area contributed by atoms with Gasteiger partial charge in [0.15, 0.2) is 17.3 Å². The second-order valence-corrected chi connectivity index (χ2v) is 6.76. The summed E-state index contributed by atoms with van der Waals surface area (Å²) in [6.45, 7) is 0.0276. The van der Waals surface area contributed by atoms with Crippen molar-refractivity contribution in [1.82, 2.24) is 0 Å². The Morgan fingerprint density at radius 3 is 2.92 bits per heavy atom. The Morgan fingerprint density at radius 1 is 1.42 bits per heavy atom. The van der Waals surface area contributed by atoms with Gasteiger partial charge in [-0.15, -0.1) is 11.3 Å². The molecule has 0 unspecified atom stereocenters. The number of carbonyl (C=O) groups excluding carboxylic acids is 1. The van der Waals surface area contributed by atoms with Crippen molar-refractivity contribution in [1.29, 1.82) is 5.26 Å². The molecule has 1 aliphatic carbocycles. The number of hydrogen-bond donors (Lipinski definition) is 1. The number of rotatable bonds is 5. The highest BCUT2D eigenvalue weighted by atomic mass is 32.1. The van der Waals surface area contributed by atoms with Crippen LogP contribution in [0.25, 0.3) is 0 Å². The normalized spacial score (nSPS) is 13.0. The van der Waals surface area contributed by atoms with Gasteiger partial charge in [0.1, 0.15) is 11.1 Å². The van der Waals surface area contributed by atoms with Crippen LogP contribution in [0.3, 0.4) is 0 Å². The van der Waals surface area contributed by atoms with Gasteiger partial charge in [0.2, 0.25) is 0 Å². The molecule has 6 heteroatoms. The van der Waals surface area contributed by atoms with Crippen LogP contribution >= 0.6 is 11.3 Å². The van der Waals surface area contributed by atoms with Crippen molar-refractivity contribution in [3.8, 4) is 11.8 Å². The van der Waals surface area contributed by atoms with E-state index in [0.29, 0.717) is 5.56 Å². The lowest BCUT2D eigenvalue weighted by Crippen LogP contribution is -2.14. The van der Waals surface area contributed by atoms with Gasteiger partial charge in [0, 0.05) is 10.4 Å². The van der Waals surface area contributed by atoms with Gasteiger partial charge in [-0.25, -0.2) is 4.39 Å². The number of halogens is 1. The van der Waals surface area contributed by atoms with Crippen LogP contribution in [-0.4, -0.2) is 19.4 Å². The van der Waals surface area contributed by atoms with E-state index in [-0.39, 0.29) is 23.6 Å². The molecule has 1 aromatic carbocycles. The largest absolute Gasteiger partial charge is 0.494 e. The van der Waals surface area contributed by atoms with Gasteiger partial charge in [-0.05, 0) is 49.4 Å². The molecule has 0 saturated heterocycles. The average Bonchev–Trinajstić information content (AvgIpc) is 2.97. The summed E-state index contributed by atoms with van der Waals surface area (Å²) in [5.41, 5.74) is 2.06. The Balaban J connectivity index is 1.74. The standard InChI is InChI=1S/C18H17FN2O2S/c1-23-16-7-6-11(8-14(16)19)15(22)10-21-18-13(9-20)12-4-2-3-5-17(12)24-18/h6-8,21H,2-5,10H2,1H3. The molecule has 0 bridgehead atoms. The molecule has 0 aliphatic heterocycles. The van der Waals surface area contributed by atoms with Crippen molar-refractivity contribution in [2.24, 2.45) is 0 Å². The van der Waals surface area contributed by atoms with Crippen LogP contribution in [0.4, 0.5) is 9.39 Å². The maximum absolute atomic E-state index is 13.7. The minimum absolute atomic E-state index is 0.0276. The number of methoxy groups -OCH3 is 1. The number of nitriles is 1. The van der Waals surface area contributed by atoms with E-state index in [2.05, 4.69) is 11.4 Å². The molecule has 24 heavy (non-hydrogen) atoms. The molecule has 1 heterocycles. The zero-order chi connectivity index (χ0) is 17.1. The number of Topliss-reactive ketones (excluding diaryl/α,β-unsaturated/α-hetero) is 1. The van der Waals surface area contributed by atoms with E-state index in [1.54, 1.807) is 11.3 Å². The van der Waals surface area contributed by atoms with E-state index in [4.69, 9.17) is 4.74 Å². The SMILES string of the molecule is COc1ccc(C(=O)CNc2sc3c(c2C#N)CCCC3)cc1F. The predicted molar refractivity (Wildman–Crippen MR) is 91.4 cm³/mol. The highest BCUT2D eigenvalue weighted by Gasteiger charge is 2.21. The quantitative estimate of drug-likeness (QED) is 0.835. The molecule has 0 amide bonds. The zero-order valence-corrected chi connectivity index (χ0v) is 14.1. The van der Waals surface area contributed by atoms with Crippen molar-refractivity contribution in [2.75, 3.05) is 19.0 Å². The minimum Gasteiger partial charge on any atom is -0.494 e. The first-order chi connectivity index (χ1) is 11.6. The van der Waals surface area contributed by atoms with Crippen LogP contribution in [0.15, 0.2) is 18.2 Å². The second-order valence-electron chi connectivity index (χ2n) is 5.65. The van der Waals surface area contributed by atoms with Gasteiger partial charge in [0.05, 0.1) is 19.2 Å². The summed E-state index contributed by atoms with van der Waals surface area (Å²) in [7, 11) is 1.38. The Labute approximate surface area is 143 Å². The number of hydrogen-bond acceptors (Lipinski definition) is 5. The number of carbonyl (C=O) groups is 1. The van der Waals surface area contributed by atoms with Crippen LogP contribution in [0.1, 0.15) is 39.2 Å². The number of benzene rings is 1. The Kier molecular flexibility index (Phi) is 4.81. The molecule has 4 nitrogen and oxygen atoms in total. The van der Waals surface area contributed by atoms with Gasteiger partial charge in [-0.1, -0.05) is 0 Å². The topological polar surface area (TPSA) is 62.1 Å². The van der Waals surface area contributed by atoms with E-state index in [1.165, 1.54) is 30.2 Å². The summed E-state index contributed by atoms with van der Waals surface area (Å²) in [4.78, 5) is 13.5. The van der Waals surface area contributed by atoms with Gasteiger partial charge in [0.25, 0.3) is 0 Å². The molecular formula is C18H17FN2O2S. The smallest absolute Gasteiger partial charge is 0.181 e. The summed E-state index contributed by atoms with van der Waals surface area (Å²) in [6.07, 6.45) is 4.16. The number of fused-ring (bicyclic) bond motifs is 1. The molecular weight excluding hydrogens is 327 g/mol. The first-order valence-corrected chi connectivity index (χ1v) is 8.61. The Hall–Kier alpha value is -2.39. The van der Waals surface area contributed by atoms with Crippen molar-refractivity contribution in [3.05, 3.63) is 45.6 Å². The minimum atomic E-state index is -0.562. The monoisotopic (exact) mass is 344 g/mol. The number of nitrogens with one attached hydrogen (secondary N) is 1. The number of aryl methyl sites for hydroxylation is 1. The summed E-state index contributed by atoms with van der Waals surface area (Å²) in [5, 5.41) is 13.2. The molecule has 0 radical (unpaired) electrons. The third kappa shape index (κ3) is 3.13. The summed E-state index contributed by atoms with van der Waals surface area (Å²) in [5.74, 6) is -0.684. The van der Waals surface area contributed by atoms with Crippen LogP contribution in [0.2, 0.25) is 0 Å². The van der Waals surface area contributed by atoms with Crippen molar-refractivity contribution < 1.29 is 13.9 Å². The van der Waals surface area contributed by atoms with Crippen molar-refractivity contribution in [2.45, 2.75) is 25.7 Å². The fraction of sp³-hybridized carbons (Fsp3) is 0.333. The molecule has 0 fully saturated rings. The molecule has 124 valence electrons. The summed E-state index contributed by atoms with van der Waals surface area (Å²) in [6, 6.07) is 6.40. The number of ketones is 1. The molecule has 1 aromatic heterocycles.